The van der Waals surface area contributed by atoms with Gasteiger partial charge in [0.2, 0.25) is 11.8 Å². The molecule has 0 bridgehead atoms. The second-order valence-corrected chi connectivity index (χ2v) is 5.15. The number of imide groups is 1. The molecule has 0 spiro atoms. The predicted octanol–water partition coefficient (Wildman–Crippen LogP) is 2.07. The summed E-state index contributed by atoms with van der Waals surface area (Å²) in [5.74, 6) is 0.173. The highest BCUT2D eigenvalue weighted by Gasteiger charge is 2.49. The van der Waals surface area contributed by atoms with Gasteiger partial charge >= 0.3 is 0 Å². The molecule has 18 heavy (non-hydrogen) atoms. The van der Waals surface area contributed by atoms with E-state index in [9.17, 15) is 9.59 Å². The molecular formula is C14H16N2O2. The van der Waals surface area contributed by atoms with Gasteiger partial charge in [-0.2, -0.15) is 0 Å². The SMILES string of the molecule is Cc1cccc(N2C(=O)C3CCCCC3C2=O)n1. The highest BCUT2D eigenvalue weighted by atomic mass is 16.2. The van der Waals surface area contributed by atoms with E-state index >= 15 is 0 Å². The number of pyridine rings is 1. The van der Waals surface area contributed by atoms with Crippen LogP contribution in [0.15, 0.2) is 18.2 Å². The number of aromatic nitrogens is 1. The second-order valence-electron chi connectivity index (χ2n) is 5.15. The van der Waals surface area contributed by atoms with Crippen LogP contribution >= 0.6 is 0 Å². The summed E-state index contributed by atoms with van der Waals surface area (Å²) < 4.78 is 0. The molecule has 2 heterocycles. The molecule has 0 aromatic carbocycles. The lowest BCUT2D eigenvalue weighted by molar-refractivity contribution is -0.122. The van der Waals surface area contributed by atoms with E-state index in [4.69, 9.17) is 0 Å². The summed E-state index contributed by atoms with van der Waals surface area (Å²) in [6.07, 6.45) is 3.79. The van der Waals surface area contributed by atoms with Gasteiger partial charge in [0.1, 0.15) is 5.82 Å². The van der Waals surface area contributed by atoms with Crippen LogP contribution in [0.1, 0.15) is 31.4 Å². The van der Waals surface area contributed by atoms with Crippen LogP contribution in [0, 0.1) is 18.8 Å². The van der Waals surface area contributed by atoms with Gasteiger partial charge in [0, 0.05) is 5.69 Å². The third-order valence-electron chi connectivity index (χ3n) is 3.94. The number of fused-ring (bicyclic) bond motifs is 1. The quantitative estimate of drug-likeness (QED) is 0.710. The van der Waals surface area contributed by atoms with Gasteiger partial charge in [-0.05, 0) is 31.9 Å². The predicted molar refractivity (Wildman–Crippen MR) is 66.9 cm³/mol. The van der Waals surface area contributed by atoms with Crippen molar-refractivity contribution < 1.29 is 9.59 Å². The van der Waals surface area contributed by atoms with Crippen molar-refractivity contribution in [3.63, 3.8) is 0 Å². The number of rotatable bonds is 1. The smallest absolute Gasteiger partial charge is 0.238 e. The first-order chi connectivity index (χ1) is 8.68. The molecule has 1 aromatic rings. The summed E-state index contributed by atoms with van der Waals surface area (Å²) in [6.45, 7) is 1.86. The van der Waals surface area contributed by atoms with Crippen LogP contribution in [0.4, 0.5) is 5.82 Å². The highest BCUT2D eigenvalue weighted by Crippen LogP contribution is 2.39. The van der Waals surface area contributed by atoms with Crippen LogP contribution < -0.4 is 4.90 Å². The van der Waals surface area contributed by atoms with Crippen molar-refractivity contribution in [1.82, 2.24) is 4.98 Å². The first-order valence-corrected chi connectivity index (χ1v) is 6.50. The maximum atomic E-state index is 12.3. The van der Waals surface area contributed by atoms with E-state index < -0.39 is 0 Å². The maximum Gasteiger partial charge on any atom is 0.238 e. The van der Waals surface area contributed by atoms with E-state index in [1.165, 1.54) is 4.90 Å². The van der Waals surface area contributed by atoms with Crippen LogP contribution in [0.2, 0.25) is 0 Å². The fraction of sp³-hybridized carbons (Fsp3) is 0.500. The Morgan fingerprint density at radius 1 is 1.11 bits per heavy atom. The van der Waals surface area contributed by atoms with E-state index in [1.807, 2.05) is 19.1 Å². The normalized spacial score (nSPS) is 27.5. The first kappa shape index (κ1) is 11.4. The number of carbonyl (C=O) groups is 2. The van der Waals surface area contributed by atoms with Gasteiger partial charge in [-0.25, -0.2) is 9.88 Å². The zero-order valence-corrected chi connectivity index (χ0v) is 10.4. The van der Waals surface area contributed by atoms with E-state index in [0.29, 0.717) is 5.82 Å². The Morgan fingerprint density at radius 3 is 2.28 bits per heavy atom. The number of amides is 2. The summed E-state index contributed by atoms with van der Waals surface area (Å²) in [5.41, 5.74) is 0.822. The first-order valence-electron chi connectivity index (χ1n) is 6.50. The molecule has 0 N–H and O–H groups in total. The van der Waals surface area contributed by atoms with Gasteiger partial charge in [-0.3, -0.25) is 9.59 Å². The standard InChI is InChI=1S/C14H16N2O2/c1-9-5-4-8-12(15-9)16-13(17)10-6-2-3-7-11(10)14(16)18/h4-5,8,10-11H,2-3,6-7H2,1H3. The lowest BCUT2D eigenvalue weighted by atomic mass is 9.81. The molecule has 2 atom stereocenters. The average Bonchev–Trinajstić information content (AvgIpc) is 2.63. The largest absolute Gasteiger partial charge is 0.274 e. The maximum absolute atomic E-state index is 12.3. The third-order valence-corrected chi connectivity index (χ3v) is 3.94. The van der Waals surface area contributed by atoms with Gasteiger partial charge in [0.15, 0.2) is 0 Å². The molecule has 1 aromatic heterocycles. The summed E-state index contributed by atoms with van der Waals surface area (Å²) >= 11 is 0. The number of hydrogen-bond acceptors (Lipinski definition) is 3. The minimum atomic E-state index is -0.103. The Balaban J connectivity index is 1.97. The molecule has 2 amide bonds. The monoisotopic (exact) mass is 244 g/mol. The van der Waals surface area contributed by atoms with Crippen LogP contribution in [0.3, 0.4) is 0 Å². The van der Waals surface area contributed by atoms with Gasteiger partial charge in [-0.1, -0.05) is 18.9 Å². The summed E-state index contributed by atoms with van der Waals surface area (Å²) in [6, 6.07) is 5.43. The number of nitrogens with zero attached hydrogens (tertiary/aromatic N) is 2. The summed E-state index contributed by atoms with van der Waals surface area (Å²) in [7, 11) is 0. The highest BCUT2D eigenvalue weighted by molar-refractivity contribution is 6.21. The van der Waals surface area contributed by atoms with Crippen molar-refractivity contribution in [2.24, 2.45) is 11.8 Å². The minimum Gasteiger partial charge on any atom is -0.274 e. The molecular weight excluding hydrogens is 228 g/mol. The molecule has 1 aliphatic carbocycles. The van der Waals surface area contributed by atoms with Gasteiger partial charge in [-0.15, -0.1) is 0 Å². The van der Waals surface area contributed by atoms with Crippen molar-refractivity contribution in [3.8, 4) is 0 Å². The number of aryl methyl sites for hydroxylation is 1. The lowest BCUT2D eigenvalue weighted by Crippen LogP contribution is -2.31. The van der Waals surface area contributed by atoms with E-state index in [0.717, 1.165) is 31.4 Å². The molecule has 2 unspecified atom stereocenters. The van der Waals surface area contributed by atoms with Crippen molar-refractivity contribution in [2.45, 2.75) is 32.6 Å². The van der Waals surface area contributed by atoms with Gasteiger partial charge in [0.05, 0.1) is 11.8 Å². The molecule has 1 saturated carbocycles. The number of anilines is 1. The Labute approximate surface area is 106 Å². The fourth-order valence-corrected chi connectivity index (χ4v) is 3.04. The molecule has 4 nitrogen and oxygen atoms in total. The Bertz CT molecular complexity index is 488. The zero-order valence-electron chi connectivity index (χ0n) is 10.4. The average molecular weight is 244 g/mol. The van der Waals surface area contributed by atoms with Crippen molar-refractivity contribution in [3.05, 3.63) is 23.9 Å². The van der Waals surface area contributed by atoms with Crippen molar-refractivity contribution in [1.29, 1.82) is 0 Å². The Morgan fingerprint density at radius 2 is 1.72 bits per heavy atom. The molecule has 2 fully saturated rings. The number of hydrogen-bond donors (Lipinski definition) is 0. The van der Waals surface area contributed by atoms with Gasteiger partial charge in [0.25, 0.3) is 0 Å². The van der Waals surface area contributed by atoms with Gasteiger partial charge < -0.3 is 0 Å². The Kier molecular flexibility index (Phi) is 2.65. The zero-order chi connectivity index (χ0) is 12.7. The van der Waals surface area contributed by atoms with E-state index in [1.54, 1.807) is 6.07 Å². The van der Waals surface area contributed by atoms with Crippen LogP contribution in [-0.2, 0) is 9.59 Å². The van der Waals surface area contributed by atoms with E-state index in [2.05, 4.69) is 4.98 Å². The second kappa shape index (κ2) is 4.19. The van der Waals surface area contributed by atoms with Crippen LogP contribution in [-0.4, -0.2) is 16.8 Å². The molecule has 2 aliphatic rings. The molecule has 1 aliphatic heterocycles. The molecule has 1 saturated heterocycles. The molecule has 94 valence electrons. The Hall–Kier alpha value is -1.71. The van der Waals surface area contributed by atoms with Crippen molar-refractivity contribution in [2.75, 3.05) is 4.90 Å². The lowest BCUT2D eigenvalue weighted by Gasteiger charge is -2.19. The molecule has 3 rings (SSSR count). The third kappa shape index (κ3) is 1.64. The van der Waals surface area contributed by atoms with Crippen molar-refractivity contribution >= 4 is 17.6 Å². The van der Waals surface area contributed by atoms with Crippen LogP contribution in [0.25, 0.3) is 0 Å². The van der Waals surface area contributed by atoms with Crippen LogP contribution in [0.5, 0.6) is 0 Å². The summed E-state index contributed by atoms with van der Waals surface area (Å²) in [5, 5.41) is 0. The fourth-order valence-electron chi connectivity index (χ4n) is 3.04. The minimum absolute atomic E-state index is 0.0530. The molecule has 0 radical (unpaired) electrons. The molecule has 4 heteroatoms. The van der Waals surface area contributed by atoms with E-state index in [-0.39, 0.29) is 23.7 Å². The summed E-state index contributed by atoms with van der Waals surface area (Å²) in [4.78, 5) is 30.3. The topological polar surface area (TPSA) is 50.3 Å². The number of carbonyl (C=O) groups excluding carboxylic acids is 2.